The van der Waals surface area contributed by atoms with Crippen molar-refractivity contribution in [3.63, 3.8) is 0 Å². The molecule has 0 aliphatic rings. The Kier molecular flexibility index (Phi) is 5.23. The number of ether oxygens (including phenoxy) is 2. The molecule has 0 atom stereocenters. The molecule has 0 radical (unpaired) electrons. The molecular weight excluding hydrogens is 308 g/mol. The van der Waals surface area contributed by atoms with Crippen LogP contribution in [0, 0.1) is 0 Å². The second-order valence-electron chi connectivity index (χ2n) is 6.20. The molecule has 128 valence electrons. The second kappa shape index (κ2) is 7.16. The number of rotatable bonds is 5. The highest BCUT2D eigenvalue weighted by molar-refractivity contribution is 5.92. The molecule has 0 aliphatic heterocycles. The minimum Gasteiger partial charge on any atom is -0.493 e. The van der Waals surface area contributed by atoms with Gasteiger partial charge in [-0.25, -0.2) is 0 Å². The molecule has 1 amide bonds. The van der Waals surface area contributed by atoms with E-state index in [1.54, 1.807) is 38.5 Å². The third-order valence-electron chi connectivity index (χ3n) is 3.04. The van der Waals surface area contributed by atoms with Gasteiger partial charge in [0.1, 0.15) is 0 Å². The third-order valence-corrected chi connectivity index (χ3v) is 3.04. The molecule has 7 nitrogen and oxygen atoms in total. The van der Waals surface area contributed by atoms with Crippen LogP contribution >= 0.6 is 0 Å². The van der Waals surface area contributed by atoms with Gasteiger partial charge in [-0.3, -0.25) is 4.79 Å². The molecule has 1 aromatic carbocycles. The zero-order chi connectivity index (χ0) is 17.7. The highest BCUT2D eigenvalue weighted by Crippen LogP contribution is 2.30. The van der Waals surface area contributed by atoms with Crippen molar-refractivity contribution in [2.45, 2.75) is 26.3 Å². The van der Waals surface area contributed by atoms with E-state index >= 15 is 0 Å². The van der Waals surface area contributed by atoms with Crippen LogP contribution in [0.4, 0.5) is 11.5 Å². The van der Waals surface area contributed by atoms with Gasteiger partial charge in [0, 0.05) is 17.3 Å². The maximum Gasteiger partial charge on any atom is 0.272 e. The summed E-state index contributed by atoms with van der Waals surface area (Å²) in [6.45, 7) is 5.72. The Balaban J connectivity index is 2.10. The van der Waals surface area contributed by atoms with Gasteiger partial charge in [0.05, 0.1) is 14.2 Å². The van der Waals surface area contributed by atoms with Crippen molar-refractivity contribution in [3.05, 3.63) is 36.0 Å². The highest BCUT2D eigenvalue weighted by Gasteiger charge is 2.16. The van der Waals surface area contributed by atoms with Gasteiger partial charge in [-0.1, -0.05) is 0 Å². The summed E-state index contributed by atoms with van der Waals surface area (Å²) in [5, 5.41) is 13.9. The van der Waals surface area contributed by atoms with Crippen LogP contribution in [-0.4, -0.2) is 35.9 Å². The van der Waals surface area contributed by atoms with Gasteiger partial charge in [-0.15, -0.1) is 10.2 Å². The molecule has 7 heteroatoms. The van der Waals surface area contributed by atoms with Gasteiger partial charge < -0.3 is 20.1 Å². The normalized spacial score (nSPS) is 10.9. The minimum absolute atomic E-state index is 0.257. The number of anilines is 2. The summed E-state index contributed by atoms with van der Waals surface area (Å²) < 4.78 is 10.5. The first kappa shape index (κ1) is 17.5. The molecule has 0 saturated carbocycles. The summed E-state index contributed by atoms with van der Waals surface area (Å²) >= 11 is 0. The van der Waals surface area contributed by atoms with E-state index in [2.05, 4.69) is 20.8 Å². The third kappa shape index (κ3) is 4.58. The lowest BCUT2D eigenvalue weighted by atomic mass is 10.1. The van der Waals surface area contributed by atoms with Crippen LogP contribution in [0.2, 0.25) is 0 Å². The van der Waals surface area contributed by atoms with Crippen molar-refractivity contribution in [2.75, 3.05) is 19.5 Å². The van der Waals surface area contributed by atoms with Gasteiger partial charge in [0.25, 0.3) is 5.91 Å². The Labute approximate surface area is 141 Å². The van der Waals surface area contributed by atoms with Crippen molar-refractivity contribution in [2.24, 2.45) is 0 Å². The predicted octanol–water partition coefficient (Wildman–Crippen LogP) is 2.77. The van der Waals surface area contributed by atoms with Crippen LogP contribution < -0.4 is 20.1 Å². The summed E-state index contributed by atoms with van der Waals surface area (Å²) in [5.41, 5.74) is 0.714. The van der Waals surface area contributed by atoms with Crippen LogP contribution in [0.25, 0.3) is 0 Å². The van der Waals surface area contributed by atoms with E-state index < -0.39 is 0 Å². The maximum absolute atomic E-state index is 12.0. The molecule has 1 heterocycles. The fraction of sp³-hybridized carbons (Fsp3) is 0.353. The summed E-state index contributed by atoms with van der Waals surface area (Å²) in [7, 11) is 3.15. The summed E-state index contributed by atoms with van der Waals surface area (Å²) in [5.74, 6) is 1.52. The van der Waals surface area contributed by atoms with Gasteiger partial charge in [-0.05, 0) is 45.0 Å². The molecule has 0 saturated heterocycles. The number of methoxy groups -OCH3 is 2. The Morgan fingerprint density at radius 2 is 1.71 bits per heavy atom. The van der Waals surface area contributed by atoms with Crippen molar-refractivity contribution < 1.29 is 14.3 Å². The average Bonchev–Trinajstić information content (AvgIpc) is 2.53. The fourth-order valence-corrected chi connectivity index (χ4v) is 1.99. The van der Waals surface area contributed by atoms with Crippen LogP contribution in [0.3, 0.4) is 0 Å². The van der Waals surface area contributed by atoms with E-state index in [0.29, 0.717) is 17.3 Å². The first-order chi connectivity index (χ1) is 11.3. The van der Waals surface area contributed by atoms with Gasteiger partial charge >= 0.3 is 0 Å². The zero-order valence-corrected chi connectivity index (χ0v) is 14.5. The van der Waals surface area contributed by atoms with E-state index in [4.69, 9.17) is 9.47 Å². The molecule has 0 unspecified atom stereocenters. The first-order valence-electron chi connectivity index (χ1n) is 7.47. The number of hydrogen-bond acceptors (Lipinski definition) is 6. The molecule has 2 rings (SSSR count). The first-order valence-corrected chi connectivity index (χ1v) is 7.47. The minimum atomic E-state index is -0.324. The summed E-state index contributed by atoms with van der Waals surface area (Å²) in [6, 6.07) is 8.74. The second-order valence-corrected chi connectivity index (χ2v) is 6.20. The van der Waals surface area contributed by atoms with Crippen LogP contribution in [0.5, 0.6) is 11.5 Å². The van der Waals surface area contributed by atoms with Crippen molar-refractivity contribution >= 4 is 17.4 Å². The maximum atomic E-state index is 12.0. The average molecular weight is 330 g/mol. The molecule has 24 heavy (non-hydrogen) atoms. The van der Waals surface area contributed by atoms with E-state index in [-0.39, 0.29) is 17.1 Å². The molecule has 2 N–H and O–H groups in total. The van der Waals surface area contributed by atoms with Crippen molar-refractivity contribution in [1.29, 1.82) is 0 Å². The molecule has 0 spiro atoms. The Morgan fingerprint density at radius 1 is 1.00 bits per heavy atom. The molecule has 0 bridgehead atoms. The van der Waals surface area contributed by atoms with Gasteiger partial charge in [0.2, 0.25) is 0 Å². The zero-order valence-electron chi connectivity index (χ0n) is 14.5. The van der Waals surface area contributed by atoms with Gasteiger partial charge in [0.15, 0.2) is 23.0 Å². The molecule has 0 aliphatic carbocycles. The SMILES string of the molecule is COc1ccc(Nc2ccc(C(=O)NC(C)(C)C)nn2)cc1OC. The Bertz CT molecular complexity index is 709. The molecule has 0 fully saturated rings. The smallest absolute Gasteiger partial charge is 0.272 e. The fourth-order valence-electron chi connectivity index (χ4n) is 1.99. The predicted molar refractivity (Wildman–Crippen MR) is 92.1 cm³/mol. The lowest BCUT2D eigenvalue weighted by Gasteiger charge is -2.19. The lowest BCUT2D eigenvalue weighted by molar-refractivity contribution is 0.0913. The van der Waals surface area contributed by atoms with Crippen LogP contribution in [-0.2, 0) is 0 Å². The quantitative estimate of drug-likeness (QED) is 0.877. The summed E-state index contributed by atoms with van der Waals surface area (Å²) in [6.07, 6.45) is 0. The van der Waals surface area contributed by atoms with E-state index in [0.717, 1.165) is 5.69 Å². The number of nitrogens with one attached hydrogen (secondary N) is 2. The standard InChI is InChI=1S/C17H22N4O3/c1-17(2,3)19-16(22)12-7-9-15(21-20-12)18-11-6-8-13(23-4)14(10-11)24-5/h6-10H,1-5H3,(H,18,21)(H,19,22). The van der Waals surface area contributed by atoms with Gasteiger partial charge in [-0.2, -0.15) is 0 Å². The number of aromatic nitrogens is 2. The molecule has 1 aromatic heterocycles. The lowest BCUT2D eigenvalue weighted by Crippen LogP contribution is -2.41. The Hall–Kier alpha value is -2.83. The van der Waals surface area contributed by atoms with Crippen LogP contribution in [0.15, 0.2) is 30.3 Å². The van der Waals surface area contributed by atoms with E-state index in [1.165, 1.54) is 0 Å². The van der Waals surface area contributed by atoms with E-state index in [9.17, 15) is 4.79 Å². The van der Waals surface area contributed by atoms with Crippen LogP contribution in [0.1, 0.15) is 31.3 Å². The molecule has 2 aromatic rings. The van der Waals surface area contributed by atoms with Crippen molar-refractivity contribution in [1.82, 2.24) is 15.5 Å². The largest absolute Gasteiger partial charge is 0.493 e. The number of carbonyl (C=O) groups is 1. The Morgan fingerprint density at radius 3 is 2.25 bits per heavy atom. The monoisotopic (exact) mass is 330 g/mol. The van der Waals surface area contributed by atoms with Crippen molar-refractivity contribution in [3.8, 4) is 11.5 Å². The summed E-state index contributed by atoms with van der Waals surface area (Å²) in [4.78, 5) is 12.0. The number of hydrogen-bond donors (Lipinski definition) is 2. The molecular formula is C17H22N4O3. The number of amides is 1. The number of carbonyl (C=O) groups excluding carboxylic acids is 1. The topological polar surface area (TPSA) is 85.4 Å². The highest BCUT2D eigenvalue weighted by atomic mass is 16.5. The number of nitrogens with zero attached hydrogens (tertiary/aromatic N) is 2. The number of benzene rings is 1. The van der Waals surface area contributed by atoms with E-state index in [1.807, 2.05) is 26.8 Å².